The first-order valence-electron chi connectivity index (χ1n) is 16.3. The Balaban J connectivity index is 1.75. The van der Waals surface area contributed by atoms with Crippen LogP contribution in [0.1, 0.15) is 134 Å². The molecule has 2 heteroatoms. The maximum Gasteiger partial charge on any atom is 0.244 e. The number of benzene rings is 2. The average Bonchev–Trinajstić information content (AvgIpc) is 3.43. The van der Waals surface area contributed by atoms with E-state index in [9.17, 15) is 0 Å². The first kappa shape index (κ1) is 31.2. The van der Waals surface area contributed by atoms with E-state index in [0.717, 1.165) is 13.0 Å². The van der Waals surface area contributed by atoms with Crippen LogP contribution in [0.3, 0.4) is 0 Å². The SMILES string of the molecule is CCCCCCCCCC(n1cc[n+](CCCCCCCCC)c1)C(C)(Cc1ccccc1)c1ccccc1. The molecule has 2 nitrogen and oxygen atoms in total. The molecular formula is C37H57N2+. The lowest BCUT2D eigenvalue weighted by Crippen LogP contribution is -2.38. The molecule has 0 N–H and O–H groups in total. The van der Waals surface area contributed by atoms with E-state index < -0.39 is 0 Å². The van der Waals surface area contributed by atoms with Crippen LogP contribution >= 0.6 is 0 Å². The zero-order valence-electron chi connectivity index (χ0n) is 25.5. The van der Waals surface area contributed by atoms with E-state index >= 15 is 0 Å². The second kappa shape index (κ2) is 18.1. The number of hydrogen-bond donors (Lipinski definition) is 0. The van der Waals surface area contributed by atoms with Crippen LogP contribution in [-0.4, -0.2) is 4.57 Å². The number of rotatable bonds is 21. The predicted octanol–water partition coefficient (Wildman–Crippen LogP) is 10.4. The van der Waals surface area contributed by atoms with Crippen molar-refractivity contribution in [1.82, 2.24) is 4.57 Å². The Labute approximate surface area is 240 Å². The summed E-state index contributed by atoms with van der Waals surface area (Å²) in [6.07, 6.45) is 28.4. The summed E-state index contributed by atoms with van der Waals surface area (Å²) in [6, 6.07) is 22.9. The quantitative estimate of drug-likeness (QED) is 0.0958. The van der Waals surface area contributed by atoms with Crippen LogP contribution in [0.15, 0.2) is 79.4 Å². The molecule has 2 aromatic carbocycles. The van der Waals surface area contributed by atoms with Gasteiger partial charge in [0.25, 0.3) is 0 Å². The summed E-state index contributed by atoms with van der Waals surface area (Å²) >= 11 is 0. The Morgan fingerprint density at radius 2 is 1.21 bits per heavy atom. The topological polar surface area (TPSA) is 8.81 Å². The highest BCUT2D eigenvalue weighted by Crippen LogP contribution is 2.41. The van der Waals surface area contributed by atoms with E-state index in [1.54, 1.807) is 0 Å². The Kier molecular flexibility index (Phi) is 14.5. The fourth-order valence-corrected chi connectivity index (χ4v) is 6.32. The van der Waals surface area contributed by atoms with Crippen LogP contribution in [0.25, 0.3) is 0 Å². The van der Waals surface area contributed by atoms with E-state index in [-0.39, 0.29) is 5.41 Å². The summed E-state index contributed by atoms with van der Waals surface area (Å²) in [5.74, 6) is 0. The third kappa shape index (κ3) is 10.6. The monoisotopic (exact) mass is 529 g/mol. The number of hydrogen-bond acceptors (Lipinski definition) is 0. The fraction of sp³-hybridized carbons (Fsp3) is 0.595. The molecule has 0 fully saturated rings. The lowest BCUT2D eigenvalue weighted by Gasteiger charge is -2.37. The number of imidazole rings is 1. The molecule has 0 radical (unpaired) electrons. The first-order chi connectivity index (χ1) is 19.2. The van der Waals surface area contributed by atoms with Crippen molar-refractivity contribution >= 4 is 0 Å². The van der Waals surface area contributed by atoms with Gasteiger partial charge in [0.05, 0.1) is 6.54 Å². The van der Waals surface area contributed by atoms with Crippen LogP contribution in [-0.2, 0) is 18.4 Å². The molecule has 0 saturated carbocycles. The Morgan fingerprint density at radius 1 is 0.667 bits per heavy atom. The Bertz CT molecular complexity index is 993. The smallest absolute Gasteiger partial charge is 0.237 e. The van der Waals surface area contributed by atoms with Gasteiger partial charge in [0, 0.05) is 5.41 Å². The Hall–Kier alpha value is -2.35. The Morgan fingerprint density at radius 3 is 1.82 bits per heavy atom. The molecule has 1 aromatic heterocycles. The number of aryl methyl sites for hydroxylation is 1. The average molecular weight is 530 g/mol. The number of unbranched alkanes of at least 4 members (excludes halogenated alkanes) is 12. The molecule has 0 aliphatic rings. The van der Waals surface area contributed by atoms with Gasteiger partial charge in [0.15, 0.2) is 0 Å². The molecule has 3 aromatic rings. The van der Waals surface area contributed by atoms with Crippen LogP contribution in [0.4, 0.5) is 0 Å². The minimum absolute atomic E-state index is 0.0148. The predicted molar refractivity (Wildman–Crippen MR) is 168 cm³/mol. The van der Waals surface area contributed by atoms with Gasteiger partial charge in [-0.3, -0.25) is 0 Å². The molecule has 214 valence electrons. The van der Waals surface area contributed by atoms with Gasteiger partial charge in [-0.05, 0) is 43.2 Å². The summed E-state index contributed by atoms with van der Waals surface area (Å²) in [5.41, 5.74) is 2.90. The maximum absolute atomic E-state index is 2.56. The molecule has 3 rings (SSSR count). The first-order valence-corrected chi connectivity index (χ1v) is 16.3. The minimum atomic E-state index is 0.0148. The highest BCUT2D eigenvalue weighted by Gasteiger charge is 2.40. The normalized spacial score (nSPS) is 13.8. The molecular weight excluding hydrogens is 472 g/mol. The molecule has 1 heterocycles. The van der Waals surface area contributed by atoms with Gasteiger partial charge < -0.3 is 0 Å². The van der Waals surface area contributed by atoms with E-state index in [1.165, 1.54) is 107 Å². The van der Waals surface area contributed by atoms with Crippen molar-refractivity contribution in [3.63, 3.8) is 0 Å². The lowest BCUT2D eigenvalue weighted by atomic mass is 9.70. The standard InChI is InChI=1S/C37H57N2/c1-4-6-8-10-12-14-22-28-36(39-31-30-38(33-39)29-23-15-13-11-9-7-5-2)37(3,35-26-20-17-21-27-35)32-34-24-18-16-19-25-34/h16-21,24-27,30-31,33,36H,4-15,22-23,28-29,32H2,1-3H3/q+1. The number of aromatic nitrogens is 2. The highest BCUT2D eigenvalue weighted by molar-refractivity contribution is 5.30. The molecule has 0 aliphatic heterocycles. The molecule has 2 atom stereocenters. The second-order valence-corrected chi connectivity index (χ2v) is 12.1. The van der Waals surface area contributed by atoms with E-state index in [1.807, 2.05) is 0 Å². The third-order valence-corrected chi connectivity index (χ3v) is 8.76. The van der Waals surface area contributed by atoms with Crippen molar-refractivity contribution < 1.29 is 4.57 Å². The van der Waals surface area contributed by atoms with E-state index in [4.69, 9.17) is 0 Å². The van der Waals surface area contributed by atoms with Crippen LogP contribution in [0.5, 0.6) is 0 Å². The second-order valence-electron chi connectivity index (χ2n) is 12.1. The molecule has 0 bridgehead atoms. The molecule has 39 heavy (non-hydrogen) atoms. The third-order valence-electron chi connectivity index (χ3n) is 8.76. The van der Waals surface area contributed by atoms with Crippen molar-refractivity contribution in [3.8, 4) is 0 Å². The molecule has 0 spiro atoms. The van der Waals surface area contributed by atoms with E-state index in [0.29, 0.717) is 6.04 Å². The fourth-order valence-electron chi connectivity index (χ4n) is 6.32. The highest BCUT2D eigenvalue weighted by atomic mass is 15.1. The lowest BCUT2D eigenvalue weighted by molar-refractivity contribution is -0.697. The largest absolute Gasteiger partial charge is 0.244 e. The van der Waals surface area contributed by atoms with Crippen LogP contribution < -0.4 is 4.57 Å². The van der Waals surface area contributed by atoms with Gasteiger partial charge in [-0.1, -0.05) is 152 Å². The van der Waals surface area contributed by atoms with Gasteiger partial charge in [0.2, 0.25) is 6.33 Å². The summed E-state index contributed by atoms with van der Waals surface area (Å²) in [5, 5.41) is 0. The van der Waals surface area contributed by atoms with E-state index in [2.05, 4.69) is 109 Å². The van der Waals surface area contributed by atoms with Crippen LogP contribution in [0.2, 0.25) is 0 Å². The van der Waals surface area contributed by atoms with Crippen molar-refractivity contribution in [2.45, 2.75) is 142 Å². The van der Waals surface area contributed by atoms with Crippen molar-refractivity contribution in [1.29, 1.82) is 0 Å². The molecule has 0 saturated heterocycles. The van der Waals surface area contributed by atoms with Crippen LogP contribution in [0, 0.1) is 0 Å². The van der Waals surface area contributed by atoms with Crippen molar-refractivity contribution in [2.75, 3.05) is 0 Å². The molecule has 2 unspecified atom stereocenters. The molecule has 0 amide bonds. The van der Waals surface area contributed by atoms with Gasteiger partial charge in [-0.2, -0.15) is 0 Å². The number of nitrogens with zero attached hydrogens (tertiary/aromatic N) is 2. The van der Waals surface area contributed by atoms with Gasteiger partial charge in [-0.25, -0.2) is 9.13 Å². The summed E-state index contributed by atoms with van der Waals surface area (Å²) in [7, 11) is 0. The zero-order chi connectivity index (χ0) is 27.6. The summed E-state index contributed by atoms with van der Waals surface area (Å²) in [4.78, 5) is 0. The summed E-state index contributed by atoms with van der Waals surface area (Å²) < 4.78 is 5.01. The minimum Gasteiger partial charge on any atom is -0.237 e. The van der Waals surface area contributed by atoms with Gasteiger partial charge >= 0.3 is 0 Å². The van der Waals surface area contributed by atoms with Gasteiger partial charge in [0.1, 0.15) is 18.4 Å². The van der Waals surface area contributed by atoms with Crippen molar-refractivity contribution in [2.24, 2.45) is 0 Å². The van der Waals surface area contributed by atoms with Crippen molar-refractivity contribution in [3.05, 3.63) is 90.5 Å². The molecule has 0 aliphatic carbocycles. The van der Waals surface area contributed by atoms with Gasteiger partial charge in [-0.15, -0.1) is 0 Å². The maximum atomic E-state index is 2.56. The summed E-state index contributed by atoms with van der Waals surface area (Å²) in [6.45, 7) is 8.25. The zero-order valence-corrected chi connectivity index (χ0v) is 25.5.